The first-order chi connectivity index (χ1) is 17.5. The van der Waals surface area contributed by atoms with Gasteiger partial charge >= 0.3 is 5.97 Å². The third kappa shape index (κ3) is 5.89. The fourth-order valence-corrected chi connectivity index (χ4v) is 3.88. The highest BCUT2D eigenvalue weighted by atomic mass is 19.1. The molecule has 3 aromatic carbocycles. The van der Waals surface area contributed by atoms with Gasteiger partial charge in [-0.15, -0.1) is 5.92 Å². The molecule has 4 rings (SSSR count). The summed E-state index contributed by atoms with van der Waals surface area (Å²) < 4.78 is 42.3. The number of benzene rings is 3. The molecule has 2 atom stereocenters. The van der Waals surface area contributed by atoms with Crippen LogP contribution >= 0.6 is 0 Å². The van der Waals surface area contributed by atoms with Gasteiger partial charge in [-0.25, -0.2) is 4.39 Å². The van der Waals surface area contributed by atoms with Crippen molar-refractivity contribution in [2.24, 2.45) is 0 Å². The molecule has 186 valence electrons. The Bertz CT molecular complexity index is 1280. The molecule has 0 N–H and O–H groups in total. The summed E-state index contributed by atoms with van der Waals surface area (Å²) in [5.74, 6) is 7.34. The smallest absolute Gasteiger partial charge is 0.307 e. The molecule has 6 nitrogen and oxygen atoms in total. The van der Waals surface area contributed by atoms with Crippen molar-refractivity contribution in [1.29, 1.82) is 0 Å². The van der Waals surface area contributed by atoms with Gasteiger partial charge in [0.25, 0.3) is 0 Å². The van der Waals surface area contributed by atoms with E-state index in [4.69, 9.17) is 23.7 Å². The minimum atomic E-state index is -0.352. The summed E-state index contributed by atoms with van der Waals surface area (Å²) in [4.78, 5) is 11.7. The van der Waals surface area contributed by atoms with Crippen molar-refractivity contribution >= 4 is 5.97 Å². The Hall–Kier alpha value is -4.18. The van der Waals surface area contributed by atoms with Gasteiger partial charge in [0.1, 0.15) is 30.5 Å². The van der Waals surface area contributed by atoms with Crippen LogP contribution in [-0.4, -0.2) is 39.5 Å². The number of ether oxygens (including phenoxy) is 5. The summed E-state index contributed by atoms with van der Waals surface area (Å²) in [5, 5.41) is 0. The first kappa shape index (κ1) is 24.9. The molecule has 36 heavy (non-hydrogen) atoms. The van der Waals surface area contributed by atoms with Crippen LogP contribution in [0.2, 0.25) is 0 Å². The fraction of sp³-hybridized carbons (Fsp3) is 0.276. The van der Waals surface area contributed by atoms with E-state index >= 15 is 0 Å². The molecule has 0 fully saturated rings. The van der Waals surface area contributed by atoms with Crippen molar-refractivity contribution in [3.05, 3.63) is 72.0 Å². The lowest BCUT2D eigenvalue weighted by Crippen LogP contribution is -2.34. The molecule has 0 radical (unpaired) electrons. The standard InChI is InChI=1S/C29H27FO6/c1-4-5-20(15-29(31)33-3)19-6-9-22(10-7-19)34-17-24-18-35-27-13-8-21(14-28(27)36-24)25-16-23(32-2)11-12-26(25)30/h6-14,16,20,24H,15,17-18H2,1-3H3/t20-,24-/m0/s1. The van der Waals surface area contributed by atoms with Crippen molar-refractivity contribution in [3.63, 3.8) is 0 Å². The van der Waals surface area contributed by atoms with Gasteiger partial charge in [0.05, 0.1) is 26.6 Å². The van der Waals surface area contributed by atoms with Gasteiger partial charge in [0.2, 0.25) is 0 Å². The molecule has 1 aliphatic rings. The molecule has 0 amide bonds. The SMILES string of the molecule is CC#C[C@@H](CC(=O)OC)c1ccc(OC[C@H]2COc3ccc(-c4cc(OC)ccc4F)cc3O2)cc1. The number of hydrogen-bond donors (Lipinski definition) is 0. The predicted octanol–water partition coefficient (Wildman–Crippen LogP) is 5.39. The monoisotopic (exact) mass is 490 g/mol. The van der Waals surface area contributed by atoms with Gasteiger partial charge in [-0.05, 0) is 60.5 Å². The molecule has 0 spiro atoms. The second kappa shape index (κ2) is 11.5. The maximum atomic E-state index is 14.4. The summed E-state index contributed by atoms with van der Waals surface area (Å²) in [6, 6.07) is 17.3. The normalized spacial score (nSPS) is 14.7. The zero-order valence-corrected chi connectivity index (χ0v) is 20.4. The Balaban J connectivity index is 1.40. The zero-order chi connectivity index (χ0) is 25.5. The molecule has 3 aromatic rings. The second-order valence-corrected chi connectivity index (χ2v) is 8.17. The first-order valence-electron chi connectivity index (χ1n) is 11.5. The van der Waals surface area contributed by atoms with Crippen LogP contribution in [0.4, 0.5) is 4.39 Å². The zero-order valence-electron chi connectivity index (χ0n) is 20.4. The van der Waals surface area contributed by atoms with Crippen LogP contribution in [0.3, 0.4) is 0 Å². The number of esters is 1. The number of rotatable bonds is 8. The van der Waals surface area contributed by atoms with E-state index in [9.17, 15) is 9.18 Å². The van der Waals surface area contributed by atoms with Gasteiger partial charge < -0.3 is 23.7 Å². The van der Waals surface area contributed by atoms with Gasteiger partial charge in [-0.3, -0.25) is 4.79 Å². The minimum Gasteiger partial charge on any atom is -0.497 e. The summed E-state index contributed by atoms with van der Waals surface area (Å²) in [6.07, 6.45) is -0.160. The van der Waals surface area contributed by atoms with Crippen LogP contribution in [0.1, 0.15) is 24.8 Å². The summed E-state index contributed by atoms with van der Waals surface area (Å²) in [6.45, 7) is 2.32. The maximum Gasteiger partial charge on any atom is 0.307 e. The van der Waals surface area contributed by atoms with Crippen molar-refractivity contribution in [1.82, 2.24) is 0 Å². The summed E-state index contributed by atoms with van der Waals surface area (Å²) in [7, 11) is 2.90. The second-order valence-electron chi connectivity index (χ2n) is 8.17. The molecule has 1 heterocycles. The van der Waals surface area contributed by atoms with Crippen LogP contribution < -0.4 is 18.9 Å². The lowest BCUT2D eigenvalue weighted by atomic mass is 9.96. The Labute approximate surface area is 209 Å². The largest absolute Gasteiger partial charge is 0.497 e. The molecule has 0 aromatic heterocycles. The van der Waals surface area contributed by atoms with Gasteiger partial charge in [0.15, 0.2) is 17.6 Å². The van der Waals surface area contributed by atoms with Crippen molar-refractivity contribution in [2.75, 3.05) is 27.4 Å². The lowest BCUT2D eigenvalue weighted by Gasteiger charge is -2.27. The molecule has 1 aliphatic heterocycles. The third-order valence-electron chi connectivity index (χ3n) is 5.78. The maximum absolute atomic E-state index is 14.4. The number of fused-ring (bicyclic) bond motifs is 1. The van der Waals surface area contributed by atoms with Crippen LogP contribution in [0.25, 0.3) is 11.1 Å². The van der Waals surface area contributed by atoms with Crippen molar-refractivity contribution in [3.8, 4) is 46.0 Å². The molecule has 0 saturated carbocycles. The third-order valence-corrected chi connectivity index (χ3v) is 5.78. The van der Waals surface area contributed by atoms with E-state index in [1.54, 1.807) is 44.4 Å². The van der Waals surface area contributed by atoms with Crippen molar-refractivity contribution in [2.45, 2.75) is 25.4 Å². The quantitative estimate of drug-likeness (QED) is 0.312. The molecule has 0 bridgehead atoms. The number of hydrogen-bond acceptors (Lipinski definition) is 6. The van der Waals surface area contributed by atoms with E-state index in [0.29, 0.717) is 40.7 Å². The average Bonchev–Trinajstić information content (AvgIpc) is 2.91. The van der Waals surface area contributed by atoms with E-state index in [2.05, 4.69) is 11.8 Å². The number of carbonyl (C=O) groups is 1. The highest BCUT2D eigenvalue weighted by molar-refractivity contribution is 5.71. The van der Waals surface area contributed by atoms with Crippen molar-refractivity contribution < 1.29 is 32.9 Å². The number of halogens is 1. The first-order valence-corrected chi connectivity index (χ1v) is 11.5. The summed E-state index contributed by atoms with van der Waals surface area (Å²) in [5.41, 5.74) is 1.98. The van der Waals surface area contributed by atoms with Crippen LogP contribution in [0.5, 0.6) is 23.0 Å². The Morgan fingerprint density at radius 2 is 1.83 bits per heavy atom. The molecule has 0 saturated heterocycles. The van der Waals surface area contributed by atoms with Gasteiger partial charge in [0, 0.05) is 5.56 Å². The van der Waals surface area contributed by atoms with E-state index < -0.39 is 0 Å². The number of methoxy groups -OCH3 is 2. The fourth-order valence-electron chi connectivity index (χ4n) is 3.88. The van der Waals surface area contributed by atoms with E-state index in [1.807, 2.05) is 24.3 Å². The molecular formula is C29H27FO6. The van der Waals surface area contributed by atoms with Crippen LogP contribution in [-0.2, 0) is 9.53 Å². The lowest BCUT2D eigenvalue weighted by molar-refractivity contribution is -0.140. The van der Waals surface area contributed by atoms with Crippen LogP contribution in [0, 0.1) is 17.7 Å². The Kier molecular flexibility index (Phi) is 7.96. The Morgan fingerprint density at radius 3 is 2.56 bits per heavy atom. The summed E-state index contributed by atoms with van der Waals surface area (Å²) >= 11 is 0. The van der Waals surface area contributed by atoms with E-state index in [1.165, 1.54) is 13.2 Å². The minimum absolute atomic E-state index is 0.186. The molecular weight excluding hydrogens is 463 g/mol. The number of carbonyl (C=O) groups excluding carboxylic acids is 1. The van der Waals surface area contributed by atoms with Gasteiger partial charge in [-0.1, -0.05) is 24.1 Å². The molecule has 7 heteroatoms. The van der Waals surface area contributed by atoms with Gasteiger partial charge in [-0.2, -0.15) is 0 Å². The highest BCUT2D eigenvalue weighted by Crippen LogP contribution is 2.37. The van der Waals surface area contributed by atoms with E-state index in [-0.39, 0.29) is 36.8 Å². The van der Waals surface area contributed by atoms with Crippen LogP contribution in [0.15, 0.2) is 60.7 Å². The highest BCUT2D eigenvalue weighted by Gasteiger charge is 2.23. The Morgan fingerprint density at radius 1 is 1.06 bits per heavy atom. The average molecular weight is 491 g/mol. The predicted molar refractivity (Wildman–Crippen MR) is 133 cm³/mol. The topological polar surface area (TPSA) is 63.2 Å². The molecule has 0 aliphatic carbocycles. The molecule has 0 unspecified atom stereocenters. The van der Waals surface area contributed by atoms with E-state index in [0.717, 1.165) is 5.56 Å².